The van der Waals surface area contributed by atoms with Gasteiger partial charge in [-0.05, 0) is 0 Å². The Labute approximate surface area is 130 Å². The van der Waals surface area contributed by atoms with Gasteiger partial charge in [-0.15, -0.1) is 0 Å². The Morgan fingerprint density at radius 2 is 1.68 bits per heavy atom. The highest BCUT2D eigenvalue weighted by molar-refractivity contribution is 5.78. The molecule has 1 aromatic rings. The predicted octanol–water partition coefficient (Wildman–Crippen LogP) is 0.565. The maximum atomic E-state index is 11.8. The van der Waals surface area contributed by atoms with Crippen LogP contribution in [0.5, 0.6) is 17.2 Å². The Morgan fingerprint density at radius 1 is 1.05 bits per heavy atom. The number of benzene rings is 1. The van der Waals surface area contributed by atoms with Crippen LogP contribution in [0.4, 0.5) is 0 Å². The molecule has 1 rings (SSSR count). The summed E-state index contributed by atoms with van der Waals surface area (Å²) in [7, 11) is 6.31. The maximum Gasteiger partial charge on any atom is 0.234 e. The number of methoxy groups -OCH3 is 4. The fourth-order valence-electron chi connectivity index (χ4n) is 1.88. The van der Waals surface area contributed by atoms with Crippen LogP contribution >= 0.6 is 0 Å². The fourth-order valence-corrected chi connectivity index (χ4v) is 1.88. The van der Waals surface area contributed by atoms with Gasteiger partial charge < -0.3 is 29.6 Å². The lowest BCUT2D eigenvalue weighted by Gasteiger charge is -2.15. The highest BCUT2D eigenvalue weighted by Crippen LogP contribution is 2.33. The van der Waals surface area contributed by atoms with Crippen molar-refractivity contribution in [3.05, 3.63) is 17.7 Å². The molecule has 0 aliphatic rings. The summed E-state index contributed by atoms with van der Waals surface area (Å²) in [5, 5.41) is 5.80. The minimum absolute atomic E-state index is 0.115. The van der Waals surface area contributed by atoms with Gasteiger partial charge in [0.25, 0.3) is 0 Å². The zero-order chi connectivity index (χ0) is 16.4. The van der Waals surface area contributed by atoms with E-state index < -0.39 is 0 Å². The first-order chi connectivity index (χ1) is 10.7. The summed E-state index contributed by atoms with van der Waals surface area (Å²) < 4.78 is 20.7. The van der Waals surface area contributed by atoms with Crippen LogP contribution in [0.15, 0.2) is 12.1 Å². The second kappa shape index (κ2) is 9.86. The first-order valence-corrected chi connectivity index (χ1v) is 6.91. The number of amides is 1. The van der Waals surface area contributed by atoms with Crippen molar-refractivity contribution in [3.8, 4) is 17.2 Å². The van der Waals surface area contributed by atoms with Crippen LogP contribution in [-0.2, 0) is 16.1 Å². The average molecular weight is 312 g/mol. The molecule has 0 bridgehead atoms. The van der Waals surface area contributed by atoms with Gasteiger partial charge in [-0.25, -0.2) is 0 Å². The molecule has 0 fully saturated rings. The van der Waals surface area contributed by atoms with E-state index in [1.54, 1.807) is 40.6 Å². The highest BCUT2D eigenvalue weighted by Gasteiger charge is 2.14. The second-order valence-corrected chi connectivity index (χ2v) is 4.46. The van der Waals surface area contributed by atoms with Gasteiger partial charge >= 0.3 is 0 Å². The SMILES string of the molecule is COCCNCC(=O)NCc1c(OC)cc(OC)cc1OC. The molecule has 7 heteroatoms. The van der Waals surface area contributed by atoms with Crippen LogP contribution < -0.4 is 24.8 Å². The van der Waals surface area contributed by atoms with Gasteiger partial charge in [-0.2, -0.15) is 0 Å². The molecule has 0 saturated heterocycles. The quantitative estimate of drug-likeness (QED) is 0.615. The highest BCUT2D eigenvalue weighted by atomic mass is 16.5. The Bertz CT molecular complexity index is 454. The Kier molecular flexibility index (Phi) is 8.09. The molecule has 0 aliphatic carbocycles. The van der Waals surface area contributed by atoms with Crippen LogP contribution in [-0.4, -0.2) is 54.0 Å². The smallest absolute Gasteiger partial charge is 0.234 e. The van der Waals surface area contributed by atoms with Gasteiger partial charge in [0.15, 0.2) is 0 Å². The van der Waals surface area contributed by atoms with Crippen molar-refractivity contribution in [2.75, 3.05) is 48.1 Å². The monoisotopic (exact) mass is 312 g/mol. The summed E-state index contributed by atoms with van der Waals surface area (Å²) in [5.74, 6) is 1.72. The molecule has 0 aliphatic heterocycles. The van der Waals surface area contributed by atoms with E-state index in [-0.39, 0.29) is 12.5 Å². The van der Waals surface area contributed by atoms with E-state index in [9.17, 15) is 4.79 Å². The number of hydrogen-bond acceptors (Lipinski definition) is 6. The first kappa shape index (κ1) is 18.1. The molecule has 1 aromatic carbocycles. The molecule has 2 N–H and O–H groups in total. The number of ether oxygens (including phenoxy) is 4. The minimum Gasteiger partial charge on any atom is -0.496 e. The lowest BCUT2D eigenvalue weighted by molar-refractivity contribution is -0.120. The Balaban J connectivity index is 2.66. The third kappa shape index (κ3) is 5.42. The van der Waals surface area contributed by atoms with Gasteiger partial charge in [0.2, 0.25) is 5.91 Å². The van der Waals surface area contributed by atoms with Gasteiger partial charge in [0.1, 0.15) is 17.2 Å². The number of carbonyl (C=O) groups is 1. The van der Waals surface area contributed by atoms with Crippen LogP contribution in [0.2, 0.25) is 0 Å². The molecule has 1 amide bonds. The predicted molar refractivity (Wildman–Crippen MR) is 82.7 cm³/mol. The Morgan fingerprint density at radius 3 is 2.18 bits per heavy atom. The average Bonchev–Trinajstić information content (AvgIpc) is 2.55. The molecular weight excluding hydrogens is 288 g/mol. The molecule has 0 radical (unpaired) electrons. The summed E-state index contributed by atoms with van der Waals surface area (Å²) in [6.07, 6.45) is 0. The molecule has 0 atom stereocenters. The van der Waals surface area contributed by atoms with Crippen LogP contribution in [0.3, 0.4) is 0 Å². The zero-order valence-electron chi connectivity index (χ0n) is 13.5. The minimum atomic E-state index is -0.115. The molecule has 0 spiro atoms. The van der Waals surface area contributed by atoms with E-state index in [0.29, 0.717) is 36.9 Å². The molecular formula is C15H24N2O5. The molecule has 0 unspecified atom stereocenters. The van der Waals surface area contributed by atoms with E-state index in [0.717, 1.165) is 5.56 Å². The number of nitrogens with one attached hydrogen (secondary N) is 2. The summed E-state index contributed by atoms with van der Waals surface area (Å²) in [4.78, 5) is 11.8. The van der Waals surface area contributed by atoms with Crippen molar-refractivity contribution in [1.29, 1.82) is 0 Å². The maximum absolute atomic E-state index is 11.8. The van der Waals surface area contributed by atoms with Gasteiger partial charge in [0, 0.05) is 25.8 Å². The first-order valence-electron chi connectivity index (χ1n) is 6.91. The summed E-state index contributed by atoms with van der Waals surface area (Å²) in [5.41, 5.74) is 0.760. The fraction of sp³-hybridized carbons (Fsp3) is 0.533. The van der Waals surface area contributed by atoms with Crippen LogP contribution in [0.1, 0.15) is 5.56 Å². The largest absolute Gasteiger partial charge is 0.496 e. The van der Waals surface area contributed by atoms with Crippen LogP contribution in [0, 0.1) is 0 Å². The van der Waals surface area contributed by atoms with Crippen LogP contribution in [0.25, 0.3) is 0 Å². The van der Waals surface area contributed by atoms with E-state index in [1.807, 2.05) is 0 Å². The molecule has 0 saturated carbocycles. The van der Waals surface area contributed by atoms with Gasteiger partial charge in [0.05, 0.1) is 46.6 Å². The van der Waals surface area contributed by atoms with E-state index >= 15 is 0 Å². The normalized spacial score (nSPS) is 10.2. The van der Waals surface area contributed by atoms with Crippen molar-refractivity contribution in [2.24, 2.45) is 0 Å². The van der Waals surface area contributed by atoms with Gasteiger partial charge in [-0.3, -0.25) is 4.79 Å². The molecule has 22 heavy (non-hydrogen) atoms. The van der Waals surface area contributed by atoms with E-state index in [4.69, 9.17) is 18.9 Å². The number of rotatable bonds is 10. The Hall–Kier alpha value is -1.99. The zero-order valence-corrected chi connectivity index (χ0v) is 13.5. The summed E-state index contributed by atoms with van der Waals surface area (Å²) in [6, 6.07) is 3.50. The van der Waals surface area contributed by atoms with Crippen molar-refractivity contribution >= 4 is 5.91 Å². The molecule has 124 valence electrons. The van der Waals surface area contributed by atoms with Crippen molar-refractivity contribution in [3.63, 3.8) is 0 Å². The lowest BCUT2D eigenvalue weighted by atomic mass is 10.1. The molecule has 7 nitrogen and oxygen atoms in total. The lowest BCUT2D eigenvalue weighted by Crippen LogP contribution is -2.35. The van der Waals surface area contributed by atoms with E-state index in [1.165, 1.54) is 0 Å². The second-order valence-electron chi connectivity index (χ2n) is 4.46. The number of hydrogen-bond donors (Lipinski definition) is 2. The summed E-state index contributed by atoms with van der Waals surface area (Å²) in [6.45, 7) is 1.72. The van der Waals surface area contributed by atoms with E-state index in [2.05, 4.69) is 10.6 Å². The topological polar surface area (TPSA) is 78.1 Å². The van der Waals surface area contributed by atoms with Crippen molar-refractivity contribution in [1.82, 2.24) is 10.6 Å². The van der Waals surface area contributed by atoms with Crippen molar-refractivity contribution in [2.45, 2.75) is 6.54 Å². The molecule has 0 heterocycles. The molecule has 0 aromatic heterocycles. The number of carbonyl (C=O) groups excluding carboxylic acids is 1. The standard InChI is InChI=1S/C15H24N2O5/c1-19-6-5-16-10-15(18)17-9-12-13(21-3)7-11(20-2)8-14(12)22-4/h7-8,16H,5-6,9-10H2,1-4H3,(H,17,18). The third-order valence-corrected chi connectivity index (χ3v) is 3.05. The third-order valence-electron chi connectivity index (χ3n) is 3.05. The van der Waals surface area contributed by atoms with Gasteiger partial charge in [-0.1, -0.05) is 0 Å². The summed E-state index contributed by atoms with van der Waals surface area (Å²) >= 11 is 0. The van der Waals surface area contributed by atoms with Crippen molar-refractivity contribution < 1.29 is 23.7 Å².